The molecule has 0 unspecified atom stereocenters. The van der Waals surface area contributed by atoms with Crippen molar-refractivity contribution in [2.75, 3.05) is 6.54 Å². The van der Waals surface area contributed by atoms with Crippen molar-refractivity contribution in [3.05, 3.63) is 35.9 Å². The van der Waals surface area contributed by atoms with Gasteiger partial charge in [-0.3, -0.25) is 9.59 Å². The van der Waals surface area contributed by atoms with Gasteiger partial charge in [-0.05, 0) is 32.3 Å². The van der Waals surface area contributed by atoms with E-state index in [1.807, 2.05) is 44.2 Å². The predicted molar refractivity (Wildman–Crippen MR) is 92.2 cm³/mol. The number of aldehydes is 1. The standard InChI is InChI=1S/C19H26N2O3/c1-15(2)21(13-16-7-4-3-5-8-16)19(24)11-10-18(23)20-12-6-9-17(20)14-22/h3-5,7-8,14-15,17H,6,9-13H2,1-2H3/t17-/m0/s1. The van der Waals surface area contributed by atoms with Gasteiger partial charge in [0.1, 0.15) is 6.29 Å². The van der Waals surface area contributed by atoms with Gasteiger partial charge < -0.3 is 14.6 Å². The second kappa shape index (κ2) is 8.62. The Balaban J connectivity index is 1.91. The first-order valence-corrected chi connectivity index (χ1v) is 8.61. The van der Waals surface area contributed by atoms with Gasteiger partial charge in [0.2, 0.25) is 11.8 Å². The van der Waals surface area contributed by atoms with Crippen LogP contribution in [0.4, 0.5) is 0 Å². The van der Waals surface area contributed by atoms with Gasteiger partial charge in [-0.15, -0.1) is 0 Å². The van der Waals surface area contributed by atoms with Gasteiger partial charge in [-0.2, -0.15) is 0 Å². The molecule has 0 spiro atoms. The van der Waals surface area contributed by atoms with Crippen molar-refractivity contribution in [2.24, 2.45) is 0 Å². The predicted octanol–water partition coefficient (Wildman–Crippen LogP) is 2.39. The summed E-state index contributed by atoms with van der Waals surface area (Å²) >= 11 is 0. The van der Waals surface area contributed by atoms with Gasteiger partial charge >= 0.3 is 0 Å². The van der Waals surface area contributed by atoms with Crippen LogP contribution in [0, 0.1) is 0 Å². The fourth-order valence-electron chi connectivity index (χ4n) is 3.08. The highest BCUT2D eigenvalue weighted by atomic mass is 16.2. The van der Waals surface area contributed by atoms with Crippen LogP contribution in [-0.4, -0.2) is 46.5 Å². The molecule has 130 valence electrons. The zero-order valence-electron chi connectivity index (χ0n) is 14.5. The summed E-state index contributed by atoms with van der Waals surface area (Å²) in [6.07, 6.45) is 2.78. The third-order valence-corrected chi connectivity index (χ3v) is 4.47. The van der Waals surface area contributed by atoms with Gasteiger partial charge in [0.25, 0.3) is 0 Å². The molecule has 1 fully saturated rings. The summed E-state index contributed by atoms with van der Waals surface area (Å²) in [6, 6.07) is 9.60. The number of likely N-dealkylation sites (tertiary alicyclic amines) is 1. The molecule has 0 radical (unpaired) electrons. The van der Waals surface area contributed by atoms with Crippen LogP contribution < -0.4 is 0 Å². The summed E-state index contributed by atoms with van der Waals surface area (Å²) in [5.41, 5.74) is 1.08. The van der Waals surface area contributed by atoms with Crippen LogP contribution in [0.15, 0.2) is 30.3 Å². The molecule has 2 amide bonds. The topological polar surface area (TPSA) is 57.7 Å². The Bertz CT molecular complexity index is 571. The molecule has 24 heavy (non-hydrogen) atoms. The Morgan fingerprint density at radius 2 is 1.96 bits per heavy atom. The number of hydrogen-bond donors (Lipinski definition) is 0. The molecule has 0 aromatic heterocycles. The second-order valence-electron chi connectivity index (χ2n) is 6.53. The molecule has 1 saturated heterocycles. The number of nitrogens with zero attached hydrogens (tertiary/aromatic N) is 2. The quantitative estimate of drug-likeness (QED) is 0.721. The van der Waals surface area contributed by atoms with Crippen molar-refractivity contribution in [1.82, 2.24) is 9.80 Å². The van der Waals surface area contributed by atoms with Gasteiger partial charge in [-0.25, -0.2) is 0 Å². The summed E-state index contributed by atoms with van der Waals surface area (Å²) in [5, 5.41) is 0. The minimum absolute atomic E-state index is 0.0240. The average Bonchev–Trinajstić information content (AvgIpc) is 3.06. The molecule has 5 heteroatoms. The van der Waals surface area contributed by atoms with Crippen LogP contribution >= 0.6 is 0 Å². The molecule has 0 N–H and O–H groups in total. The van der Waals surface area contributed by atoms with E-state index < -0.39 is 0 Å². The lowest BCUT2D eigenvalue weighted by atomic mass is 10.1. The fourth-order valence-corrected chi connectivity index (χ4v) is 3.08. The third-order valence-electron chi connectivity index (χ3n) is 4.47. The van der Waals surface area contributed by atoms with Crippen LogP contribution in [0.25, 0.3) is 0 Å². The molecule has 1 atom stereocenters. The number of hydrogen-bond acceptors (Lipinski definition) is 3. The van der Waals surface area contributed by atoms with Gasteiger partial charge in [0, 0.05) is 32.0 Å². The Hall–Kier alpha value is -2.17. The maximum absolute atomic E-state index is 12.5. The highest BCUT2D eigenvalue weighted by molar-refractivity contribution is 5.85. The van der Waals surface area contributed by atoms with Crippen molar-refractivity contribution in [3.63, 3.8) is 0 Å². The van der Waals surface area contributed by atoms with Crippen LogP contribution in [0.2, 0.25) is 0 Å². The van der Waals surface area contributed by atoms with Crippen LogP contribution in [0.5, 0.6) is 0 Å². The maximum Gasteiger partial charge on any atom is 0.223 e. The monoisotopic (exact) mass is 330 g/mol. The molecular weight excluding hydrogens is 304 g/mol. The largest absolute Gasteiger partial charge is 0.336 e. The third kappa shape index (κ3) is 4.66. The molecule has 0 aliphatic carbocycles. The van der Waals surface area contributed by atoms with E-state index in [4.69, 9.17) is 0 Å². The average molecular weight is 330 g/mol. The molecular formula is C19H26N2O3. The summed E-state index contributed by atoms with van der Waals surface area (Å²) < 4.78 is 0. The van der Waals surface area contributed by atoms with Crippen molar-refractivity contribution in [3.8, 4) is 0 Å². The number of amides is 2. The first-order chi connectivity index (χ1) is 11.5. The van der Waals surface area contributed by atoms with E-state index in [0.717, 1.165) is 24.7 Å². The van der Waals surface area contributed by atoms with E-state index in [1.165, 1.54) is 0 Å². The van der Waals surface area contributed by atoms with Crippen LogP contribution in [0.1, 0.15) is 45.1 Å². The lowest BCUT2D eigenvalue weighted by molar-refractivity contribution is -0.139. The first-order valence-electron chi connectivity index (χ1n) is 8.61. The molecule has 1 heterocycles. The zero-order chi connectivity index (χ0) is 17.5. The molecule has 0 saturated carbocycles. The fraction of sp³-hybridized carbons (Fsp3) is 0.526. The minimum Gasteiger partial charge on any atom is -0.336 e. The molecule has 2 rings (SSSR count). The van der Waals surface area contributed by atoms with Crippen molar-refractivity contribution in [2.45, 2.75) is 58.2 Å². The lowest BCUT2D eigenvalue weighted by Gasteiger charge is -2.27. The highest BCUT2D eigenvalue weighted by Crippen LogP contribution is 2.18. The van der Waals surface area contributed by atoms with Gasteiger partial charge in [-0.1, -0.05) is 30.3 Å². The Kier molecular flexibility index (Phi) is 6.53. The Morgan fingerprint density at radius 1 is 1.25 bits per heavy atom. The molecule has 1 aliphatic heterocycles. The normalized spacial score (nSPS) is 17.1. The van der Waals surface area contributed by atoms with Crippen molar-refractivity contribution < 1.29 is 14.4 Å². The summed E-state index contributed by atoms with van der Waals surface area (Å²) in [6.45, 7) is 5.12. The molecule has 0 bridgehead atoms. The Labute approximate surface area is 143 Å². The Morgan fingerprint density at radius 3 is 2.58 bits per heavy atom. The number of carbonyl (C=O) groups excluding carboxylic acids is 3. The number of rotatable bonds is 7. The number of benzene rings is 1. The van der Waals surface area contributed by atoms with Crippen LogP contribution in [-0.2, 0) is 20.9 Å². The summed E-state index contributed by atoms with van der Waals surface area (Å²) in [7, 11) is 0. The summed E-state index contributed by atoms with van der Waals surface area (Å²) in [4.78, 5) is 39.2. The zero-order valence-corrected chi connectivity index (χ0v) is 14.5. The number of carbonyl (C=O) groups is 3. The molecule has 5 nitrogen and oxygen atoms in total. The van der Waals surface area contributed by atoms with Crippen LogP contribution in [0.3, 0.4) is 0 Å². The van der Waals surface area contributed by atoms with E-state index in [-0.39, 0.29) is 36.7 Å². The smallest absolute Gasteiger partial charge is 0.223 e. The highest BCUT2D eigenvalue weighted by Gasteiger charge is 2.28. The SMILES string of the molecule is CC(C)N(Cc1ccccc1)C(=O)CCC(=O)N1CCC[C@H]1C=O. The van der Waals surface area contributed by atoms with E-state index >= 15 is 0 Å². The van der Waals surface area contributed by atoms with Crippen molar-refractivity contribution >= 4 is 18.1 Å². The van der Waals surface area contributed by atoms with Gasteiger partial charge in [0.05, 0.1) is 6.04 Å². The van der Waals surface area contributed by atoms with E-state index in [1.54, 1.807) is 9.80 Å². The molecule has 1 aromatic carbocycles. The maximum atomic E-state index is 12.5. The lowest BCUT2D eigenvalue weighted by Crippen LogP contribution is -2.39. The molecule has 1 aromatic rings. The van der Waals surface area contributed by atoms with Crippen molar-refractivity contribution in [1.29, 1.82) is 0 Å². The minimum atomic E-state index is -0.307. The molecule has 1 aliphatic rings. The van der Waals surface area contributed by atoms with E-state index in [0.29, 0.717) is 13.1 Å². The van der Waals surface area contributed by atoms with E-state index in [2.05, 4.69) is 0 Å². The summed E-state index contributed by atoms with van der Waals surface area (Å²) in [5.74, 6) is -0.120. The second-order valence-corrected chi connectivity index (χ2v) is 6.53. The van der Waals surface area contributed by atoms with Gasteiger partial charge in [0.15, 0.2) is 0 Å². The first kappa shape index (κ1) is 18.2. The van der Waals surface area contributed by atoms with E-state index in [9.17, 15) is 14.4 Å².